The Hall–Kier alpha value is -2.82. The fourth-order valence-corrected chi connectivity index (χ4v) is 2.94. The molecule has 5 nitrogen and oxygen atoms in total. The summed E-state index contributed by atoms with van der Waals surface area (Å²) in [7, 11) is 0. The van der Waals surface area contributed by atoms with Crippen molar-refractivity contribution in [3.05, 3.63) is 54.1 Å². The van der Waals surface area contributed by atoms with Crippen LogP contribution in [0.3, 0.4) is 0 Å². The van der Waals surface area contributed by atoms with Crippen LogP contribution in [0, 0.1) is 0 Å². The number of Topliss-reactive ketones (excluding diaryl/α,β-unsaturated/α-hetero) is 1. The minimum atomic E-state index is -0.125. The van der Waals surface area contributed by atoms with E-state index in [0.29, 0.717) is 11.3 Å². The number of amides is 1. The summed E-state index contributed by atoms with van der Waals surface area (Å²) in [5.74, 6) is -0.185. The van der Waals surface area contributed by atoms with Crippen molar-refractivity contribution in [2.45, 2.75) is 13.3 Å². The third-order valence-corrected chi connectivity index (χ3v) is 4.08. The molecular formula is C19H21N3O2. The third kappa shape index (κ3) is 3.56. The maximum absolute atomic E-state index is 12.5. The second-order valence-electron chi connectivity index (χ2n) is 5.87. The fraction of sp³-hybridized carbons (Fsp3) is 0.263. The minimum absolute atomic E-state index is 0.0600. The Labute approximate surface area is 141 Å². The number of hydrogen-bond donors (Lipinski definition) is 2. The molecule has 0 radical (unpaired) electrons. The number of benzene rings is 2. The molecular weight excluding hydrogens is 302 g/mol. The van der Waals surface area contributed by atoms with E-state index < -0.39 is 0 Å². The van der Waals surface area contributed by atoms with Crippen LogP contribution in [-0.4, -0.2) is 31.3 Å². The van der Waals surface area contributed by atoms with Gasteiger partial charge in [-0.1, -0.05) is 24.3 Å². The zero-order valence-corrected chi connectivity index (χ0v) is 13.7. The van der Waals surface area contributed by atoms with Crippen molar-refractivity contribution in [3.63, 3.8) is 0 Å². The number of nitrogens with zero attached hydrogens (tertiary/aromatic N) is 1. The molecule has 0 spiro atoms. The molecule has 2 aromatic carbocycles. The molecule has 0 saturated carbocycles. The van der Waals surface area contributed by atoms with Gasteiger partial charge in [0.25, 0.3) is 0 Å². The summed E-state index contributed by atoms with van der Waals surface area (Å²) in [5, 5.41) is 6.25. The topological polar surface area (TPSA) is 61.4 Å². The van der Waals surface area contributed by atoms with Crippen molar-refractivity contribution in [2.75, 3.05) is 35.2 Å². The lowest BCUT2D eigenvalue weighted by atomic mass is 10.1. The highest BCUT2D eigenvalue weighted by atomic mass is 16.2. The van der Waals surface area contributed by atoms with Gasteiger partial charge in [0.1, 0.15) is 0 Å². The molecule has 1 amide bonds. The van der Waals surface area contributed by atoms with Crippen molar-refractivity contribution >= 4 is 28.8 Å². The number of para-hydroxylation sites is 3. The molecule has 2 N–H and O–H groups in total. The summed E-state index contributed by atoms with van der Waals surface area (Å²) in [6.45, 7) is 3.46. The highest BCUT2D eigenvalue weighted by molar-refractivity contribution is 6.04. The van der Waals surface area contributed by atoms with Gasteiger partial charge in [0, 0.05) is 18.7 Å². The molecule has 1 aliphatic rings. The van der Waals surface area contributed by atoms with E-state index in [2.05, 4.69) is 15.5 Å². The normalized spacial score (nSPS) is 13.5. The highest BCUT2D eigenvalue weighted by Gasteiger charge is 2.18. The van der Waals surface area contributed by atoms with Gasteiger partial charge >= 0.3 is 0 Å². The van der Waals surface area contributed by atoms with E-state index >= 15 is 0 Å². The van der Waals surface area contributed by atoms with Crippen LogP contribution >= 0.6 is 0 Å². The van der Waals surface area contributed by atoms with Crippen LogP contribution in [0.2, 0.25) is 0 Å². The average Bonchev–Trinajstić information content (AvgIpc) is 2.78. The van der Waals surface area contributed by atoms with E-state index in [0.717, 1.165) is 30.9 Å². The maximum atomic E-state index is 12.5. The van der Waals surface area contributed by atoms with E-state index in [1.165, 1.54) is 6.92 Å². The van der Waals surface area contributed by atoms with Crippen molar-refractivity contribution < 1.29 is 9.59 Å². The number of carbonyl (C=O) groups is 2. The zero-order chi connectivity index (χ0) is 16.9. The number of rotatable bonds is 4. The van der Waals surface area contributed by atoms with Crippen LogP contribution in [0.4, 0.5) is 17.1 Å². The standard InChI is InChI=1S/C19H21N3O2/c1-14(23)15-7-2-3-8-16(15)21-19(24)13-22-12-6-11-20-17-9-4-5-10-18(17)22/h2-5,7-10,20H,6,11-13H2,1H3,(H,21,24). The lowest BCUT2D eigenvalue weighted by Gasteiger charge is -2.24. The Kier molecular flexibility index (Phi) is 4.79. The van der Waals surface area contributed by atoms with E-state index in [9.17, 15) is 9.59 Å². The highest BCUT2D eigenvalue weighted by Crippen LogP contribution is 2.27. The summed E-state index contributed by atoms with van der Waals surface area (Å²) in [6.07, 6.45) is 0.964. The Morgan fingerprint density at radius 2 is 1.88 bits per heavy atom. The first kappa shape index (κ1) is 16.1. The SMILES string of the molecule is CC(=O)c1ccccc1NC(=O)CN1CCCNc2ccccc21. The lowest BCUT2D eigenvalue weighted by molar-refractivity contribution is -0.115. The van der Waals surface area contributed by atoms with Gasteiger partial charge < -0.3 is 15.5 Å². The first-order chi connectivity index (χ1) is 11.6. The molecule has 2 aromatic rings. The van der Waals surface area contributed by atoms with E-state index in [1.54, 1.807) is 18.2 Å². The Morgan fingerprint density at radius 3 is 2.71 bits per heavy atom. The van der Waals surface area contributed by atoms with Gasteiger partial charge in [-0.25, -0.2) is 0 Å². The molecule has 0 bridgehead atoms. The molecule has 124 valence electrons. The molecule has 0 atom stereocenters. The van der Waals surface area contributed by atoms with Gasteiger partial charge in [-0.05, 0) is 37.6 Å². The molecule has 1 aliphatic heterocycles. The van der Waals surface area contributed by atoms with Gasteiger partial charge in [-0.3, -0.25) is 9.59 Å². The molecule has 5 heteroatoms. The molecule has 0 fully saturated rings. The van der Waals surface area contributed by atoms with Crippen LogP contribution in [0.1, 0.15) is 23.7 Å². The van der Waals surface area contributed by atoms with E-state index in [1.807, 2.05) is 30.3 Å². The second kappa shape index (κ2) is 7.17. The average molecular weight is 323 g/mol. The number of ketones is 1. The maximum Gasteiger partial charge on any atom is 0.243 e. The summed E-state index contributed by atoms with van der Waals surface area (Å²) in [4.78, 5) is 26.2. The quantitative estimate of drug-likeness (QED) is 0.849. The first-order valence-electron chi connectivity index (χ1n) is 8.13. The van der Waals surface area contributed by atoms with Crippen molar-refractivity contribution in [1.82, 2.24) is 0 Å². The zero-order valence-electron chi connectivity index (χ0n) is 13.7. The van der Waals surface area contributed by atoms with Crippen LogP contribution in [0.5, 0.6) is 0 Å². The summed E-state index contributed by atoms with van der Waals surface area (Å²) >= 11 is 0. The number of nitrogens with one attached hydrogen (secondary N) is 2. The molecule has 3 rings (SSSR count). The van der Waals surface area contributed by atoms with Crippen molar-refractivity contribution in [2.24, 2.45) is 0 Å². The molecule has 0 saturated heterocycles. The van der Waals surface area contributed by atoms with Crippen molar-refractivity contribution in [3.8, 4) is 0 Å². The van der Waals surface area contributed by atoms with E-state index in [-0.39, 0.29) is 18.2 Å². The van der Waals surface area contributed by atoms with Crippen molar-refractivity contribution in [1.29, 1.82) is 0 Å². The minimum Gasteiger partial charge on any atom is -0.383 e. The van der Waals surface area contributed by atoms with E-state index in [4.69, 9.17) is 0 Å². The first-order valence-corrected chi connectivity index (χ1v) is 8.13. The molecule has 0 aliphatic carbocycles. The van der Waals surface area contributed by atoms with Crippen LogP contribution < -0.4 is 15.5 Å². The number of fused-ring (bicyclic) bond motifs is 1. The Bertz CT molecular complexity index is 758. The smallest absolute Gasteiger partial charge is 0.243 e. The van der Waals surface area contributed by atoms with Gasteiger partial charge in [0.15, 0.2) is 5.78 Å². The van der Waals surface area contributed by atoms with Gasteiger partial charge in [0.05, 0.1) is 23.6 Å². The number of anilines is 3. The lowest BCUT2D eigenvalue weighted by Crippen LogP contribution is -2.34. The molecule has 0 unspecified atom stereocenters. The largest absolute Gasteiger partial charge is 0.383 e. The monoisotopic (exact) mass is 323 g/mol. The van der Waals surface area contributed by atoms with Gasteiger partial charge in [-0.2, -0.15) is 0 Å². The molecule has 0 aromatic heterocycles. The number of carbonyl (C=O) groups excluding carboxylic acids is 2. The second-order valence-corrected chi connectivity index (χ2v) is 5.87. The predicted octanol–water partition coefficient (Wildman–Crippen LogP) is 3.15. The summed E-state index contributed by atoms with van der Waals surface area (Å²) < 4.78 is 0. The Balaban J connectivity index is 1.75. The number of hydrogen-bond acceptors (Lipinski definition) is 4. The fourth-order valence-electron chi connectivity index (χ4n) is 2.94. The molecule has 1 heterocycles. The predicted molar refractivity (Wildman–Crippen MR) is 96.8 cm³/mol. The Morgan fingerprint density at radius 1 is 1.12 bits per heavy atom. The van der Waals surface area contributed by atoms with Crippen LogP contribution in [0.25, 0.3) is 0 Å². The van der Waals surface area contributed by atoms with Gasteiger partial charge in [-0.15, -0.1) is 0 Å². The summed E-state index contributed by atoms with van der Waals surface area (Å²) in [6, 6.07) is 15.1. The third-order valence-electron chi connectivity index (χ3n) is 4.08. The molecule has 24 heavy (non-hydrogen) atoms. The van der Waals surface area contributed by atoms with Crippen LogP contribution in [-0.2, 0) is 4.79 Å². The summed E-state index contributed by atoms with van der Waals surface area (Å²) in [5.41, 5.74) is 3.18. The van der Waals surface area contributed by atoms with Crippen LogP contribution in [0.15, 0.2) is 48.5 Å². The van der Waals surface area contributed by atoms with Gasteiger partial charge in [0.2, 0.25) is 5.91 Å².